The summed E-state index contributed by atoms with van der Waals surface area (Å²) in [6.45, 7) is 8.07. The van der Waals surface area contributed by atoms with Gasteiger partial charge in [-0.05, 0) is 19.3 Å². The summed E-state index contributed by atoms with van der Waals surface area (Å²) in [5.41, 5.74) is 0. The molecule has 0 heterocycles. The summed E-state index contributed by atoms with van der Waals surface area (Å²) < 4.78 is 10.3. The van der Waals surface area contributed by atoms with E-state index in [1.54, 1.807) is 6.92 Å². The monoisotopic (exact) mass is 217 g/mol. The van der Waals surface area contributed by atoms with Gasteiger partial charge >= 0.3 is 0 Å². The van der Waals surface area contributed by atoms with Gasteiger partial charge < -0.3 is 14.8 Å². The maximum Gasteiger partial charge on any atom is 0.248 e. The van der Waals surface area contributed by atoms with E-state index in [9.17, 15) is 4.79 Å². The average Bonchev–Trinajstić information content (AvgIpc) is 2.21. The lowest BCUT2D eigenvalue weighted by Crippen LogP contribution is -2.34. The molecule has 1 amide bonds. The summed E-state index contributed by atoms with van der Waals surface area (Å²) in [4.78, 5) is 11.2. The highest BCUT2D eigenvalue weighted by molar-refractivity contribution is 5.80. The van der Waals surface area contributed by atoms with Crippen LogP contribution in [0.5, 0.6) is 0 Å². The molecule has 0 aromatic rings. The van der Waals surface area contributed by atoms with Crippen LogP contribution in [0.1, 0.15) is 27.2 Å². The first-order valence-electron chi connectivity index (χ1n) is 5.46. The first kappa shape index (κ1) is 14.4. The standard InChI is InChI=1S/C11H23NO3/c1-9(2)8-15-7-5-6-12-11(13)10(3)14-4/h9-10H,5-8H2,1-4H3,(H,12,13). The van der Waals surface area contributed by atoms with Gasteiger partial charge in [-0.3, -0.25) is 4.79 Å². The second kappa shape index (κ2) is 8.68. The topological polar surface area (TPSA) is 47.6 Å². The van der Waals surface area contributed by atoms with Crippen LogP contribution in [-0.4, -0.2) is 38.9 Å². The van der Waals surface area contributed by atoms with Gasteiger partial charge in [0.2, 0.25) is 5.91 Å². The van der Waals surface area contributed by atoms with E-state index in [-0.39, 0.29) is 12.0 Å². The molecule has 1 atom stereocenters. The van der Waals surface area contributed by atoms with Crippen LogP contribution in [-0.2, 0) is 14.3 Å². The third-order valence-electron chi connectivity index (χ3n) is 1.94. The van der Waals surface area contributed by atoms with E-state index in [1.165, 1.54) is 7.11 Å². The van der Waals surface area contributed by atoms with Crippen LogP contribution in [0.4, 0.5) is 0 Å². The molecule has 4 nitrogen and oxygen atoms in total. The number of hydrogen-bond acceptors (Lipinski definition) is 3. The van der Waals surface area contributed by atoms with Crippen molar-refractivity contribution in [3.05, 3.63) is 0 Å². The smallest absolute Gasteiger partial charge is 0.248 e. The molecule has 0 radical (unpaired) electrons. The minimum Gasteiger partial charge on any atom is -0.381 e. The van der Waals surface area contributed by atoms with E-state index >= 15 is 0 Å². The summed E-state index contributed by atoms with van der Waals surface area (Å²) in [5.74, 6) is 0.495. The Morgan fingerprint density at radius 2 is 2.00 bits per heavy atom. The van der Waals surface area contributed by atoms with Gasteiger partial charge in [0.1, 0.15) is 6.10 Å². The summed E-state index contributed by atoms with van der Waals surface area (Å²) in [6.07, 6.45) is 0.469. The van der Waals surface area contributed by atoms with E-state index in [4.69, 9.17) is 9.47 Å². The summed E-state index contributed by atoms with van der Waals surface area (Å²) >= 11 is 0. The van der Waals surface area contributed by atoms with Gasteiger partial charge in [0, 0.05) is 26.9 Å². The zero-order valence-corrected chi connectivity index (χ0v) is 10.2. The highest BCUT2D eigenvalue weighted by atomic mass is 16.5. The second-order valence-electron chi connectivity index (χ2n) is 3.99. The molecule has 0 aliphatic carbocycles. The van der Waals surface area contributed by atoms with Crippen molar-refractivity contribution >= 4 is 5.91 Å². The van der Waals surface area contributed by atoms with Crippen molar-refractivity contribution in [2.45, 2.75) is 33.3 Å². The van der Waals surface area contributed by atoms with Crippen molar-refractivity contribution in [1.29, 1.82) is 0 Å². The lowest BCUT2D eigenvalue weighted by Gasteiger charge is -2.10. The molecule has 0 bridgehead atoms. The molecular weight excluding hydrogens is 194 g/mol. The van der Waals surface area contributed by atoms with Gasteiger partial charge in [-0.1, -0.05) is 13.8 Å². The fraction of sp³-hybridized carbons (Fsp3) is 0.909. The van der Waals surface area contributed by atoms with Gasteiger partial charge in [0.15, 0.2) is 0 Å². The Kier molecular flexibility index (Phi) is 8.33. The van der Waals surface area contributed by atoms with Crippen molar-refractivity contribution < 1.29 is 14.3 Å². The van der Waals surface area contributed by atoms with E-state index in [0.29, 0.717) is 19.1 Å². The van der Waals surface area contributed by atoms with E-state index in [2.05, 4.69) is 19.2 Å². The Balaban J connectivity index is 3.27. The van der Waals surface area contributed by atoms with Gasteiger partial charge in [-0.25, -0.2) is 0 Å². The molecule has 0 rings (SSSR count). The van der Waals surface area contributed by atoms with Crippen LogP contribution in [0.25, 0.3) is 0 Å². The van der Waals surface area contributed by atoms with Crippen molar-refractivity contribution in [3.63, 3.8) is 0 Å². The molecule has 0 saturated heterocycles. The van der Waals surface area contributed by atoms with Crippen molar-refractivity contribution in [3.8, 4) is 0 Å². The number of carbonyl (C=O) groups is 1. The molecule has 0 aromatic heterocycles. The van der Waals surface area contributed by atoms with Crippen molar-refractivity contribution in [2.24, 2.45) is 5.92 Å². The van der Waals surface area contributed by atoms with Crippen LogP contribution >= 0.6 is 0 Å². The van der Waals surface area contributed by atoms with E-state index in [0.717, 1.165) is 13.0 Å². The first-order valence-corrected chi connectivity index (χ1v) is 5.46. The third-order valence-corrected chi connectivity index (χ3v) is 1.94. The zero-order valence-electron chi connectivity index (χ0n) is 10.2. The van der Waals surface area contributed by atoms with Crippen LogP contribution < -0.4 is 5.32 Å². The van der Waals surface area contributed by atoms with Crippen molar-refractivity contribution in [2.75, 3.05) is 26.9 Å². The maximum absolute atomic E-state index is 11.2. The van der Waals surface area contributed by atoms with Crippen LogP contribution in [0.3, 0.4) is 0 Å². The molecule has 1 unspecified atom stereocenters. The van der Waals surface area contributed by atoms with Crippen LogP contribution in [0, 0.1) is 5.92 Å². The van der Waals surface area contributed by atoms with E-state index < -0.39 is 0 Å². The molecule has 0 saturated carbocycles. The molecule has 4 heteroatoms. The van der Waals surface area contributed by atoms with Crippen molar-refractivity contribution in [1.82, 2.24) is 5.32 Å². The Labute approximate surface area is 92.3 Å². The maximum atomic E-state index is 11.2. The molecule has 1 N–H and O–H groups in total. The average molecular weight is 217 g/mol. The number of ether oxygens (including phenoxy) is 2. The number of methoxy groups -OCH3 is 1. The Morgan fingerprint density at radius 3 is 2.53 bits per heavy atom. The summed E-state index contributed by atoms with van der Waals surface area (Å²) in [7, 11) is 1.52. The highest BCUT2D eigenvalue weighted by Crippen LogP contribution is 1.93. The molecular formula is C11H23NO3. The molecule has 0 aliphatic heterocycles. The van der Waals surface area contributed by atoms with Gasteiger partial charge in [0.25, 0.3) is 0 Å². The quantitative estimate of drug-likeness (QED) is 0.621. The lowest BCUT2D eigenvalue weighted by molar-refractivity contribution is -0.130. The Hall–Kier alpha value is -0.610. The fourth-order valence-corrected chi connectivity index (χ4v) is 0.956. The highest BCUT2D eigenvalue weighted by Gasteiger charge is 2.09. The summed E-state index contributed by atoms with van der Waals surface area (Å²) in [5, 5.41) is 2.78. The number of rotatable bonds is 8. The molecule has 0 fully saturated rings. The predicted octanol–water partition coefficient (Wildman–Crippen LogP) is 1.20. The van der Waals surface area contributed by atoms with Crippen LogP contribution in [0.2, 0.25) is 0 Å². The first-order chi connectivity index (χ1) is 7.07. The number of nitrogens with one attached hydrogen (secondary N) is 1. The van der Waals surface area contributed by atoms with Gasteiger partial charge in [-0.15, -0.1) is 0 Å². The minimum atomic E-state index is -0.374. The van der Waals surface area contributed by atoms with Gasteiger partial charge in [-0.2, -0.15) is 0 Å². The van der Waals surface area contributed by atoms with Crippen LogP contribution in [0.15, 0.2) is 0 Å². The largest absolute Gasteiger partial charge is 0.381 e. The summed E-state index contributed by atoms with van der Waals surface area (Å²) in [6, 6.07) is 0. The molecule has 0 spiro atoms. The molecule has 90 valence electrons. The zero-order chi connectivity index (χ0) is 11.7. The second-order valence-corrected chi connectivity index (χ2v) is 3.99. The predicted molar refractivity (Wildman–Crippen MR) is 59.8 cm³/mol. The SMILES string of the molecule is COC(C)C(=O)NCCCOCC(C)C. The number of hydrogen-bond donors (Lipinski definition) is 1. The fourth-order valence-electron chi connectivity index (χ4n) is 0.956. The minimum absolute atomic E-state index is 0.0682. The normalized spacial score (nSPS) is 12.9. The Morgan fingerprint density at radius 1 is 1.33 bits per heavy atom. The number of carbonyl (C=O) groups excluding carboxylic acids is 1. The molecule has 0 aliphatic rings. The lowest BCUT2D eigenvalue weighted by atomic mass is 10.2. The number of amides is 1. The van der Waals surface area contributed by atoms with Gasteiger partial charge in [0.05, 0.1) is 0 Å². The molecule has 0 aromatic carbocycles. The Bertz CT molecular complexity index is 171. The van der Waals surface area contributed by atoms with E-state index in [1.807, 2.05) is 0 Å². The third kappa shape index (κ3) is 8.39. The molecule has 15 heavy (non-hydrogen) atoms.